The number of carbonyl (C=O) groups is 1. The second kappa shape index (κ2) is 6.20. The van der Waals surface area contributed by atoms with Crippen molar-refractivity contribution in [2.24, 2.45) is 0 Å². The van der Waals surface area contributed by atoms with E-state index in [4.69, 9.17) is 23.2 Å². The minimum absolute atomic E-state index is 0.0169. The molecule has 2 rings (SSSR count). The SMILES string of the molecule is CC1CSCCN1C(=O)c1cc(Cl)c(Cl)c([N+](=O)[O-])c1. The van der Waals surface area contributed by atoms with Gasteiger partial charge in [0.1, 0.15) is 5.02 Å². The molecule has 1 fully saturated rings. The van der Waals surface area contributed by atoms with Crippen LogP contribution in [0.5, 0.6) is 0 Å². The van der Waals surface area contributed by atoms with E-state index in [1.807, 2.05) is 6.92 Å². The zero-order valence-electron chi connectivity index (χ0n) is 10.6. The number of carbonyl (C=O) groups excluding carboxylic acids is 1. The summed E-state index contributed by atoms with van der Waals surface area (Å²) in [6.07, 6.45) is 0. The van der Waals surface area contributed by atoms with Gasteiger partial charge in [-0.2, -0.15) is 11.8 Å². The van der Waals surface area contributed by atoms with Crippen LogP contribution in [-0.4, -0.2) is 39.8 Å². The first-order valence-corrected chi connectivity index (χ1v) is 7.85. The molecule has 1 aliphatic rings. The Morgan fingerprint density at radius 3 is 2.80 bits per heavy atom. The van der Waals surface area contributed by atoms with Crippen molar-refractivity contribution in [3.63, 3.8) is 0 Å². The van der Waals surface area contributed by atoms with Gasteiger partial charge in [-0.25, -0.2) is 0 Å². The molecule has 0 bridgehead atoms. The van der Waals surface area contributed by atoms with E-state index >= 15 is 0 Å². The highest BCUT2D eigenvalue weighted by Gasteiger charge is 2.27. The average Bonchev–Trinajstić information content (AvgIpc) is 2.41. The zero-order valence-corrected chi connectivity index (χ0v) is 13.0. The van der Waals surface area contributed by atoms with E-state index in [0.29, 0.717) is 6.54 Å². The standard InChI is InChI=1S/C12H12Cl2N2O3S/c1-7-6-20-3-2-15(7)12(17)8-4-9(13)11(14)10(5-8)16(18)19/h4-5,7H,2-3,6H2,1H3. The summed E-state index contributed by atoms with van der Waals surface area (Å²) in [5.41, 5.74) is -0.147. The van der Waals surface area contributed by atoms with Gasteiger partial charge in [-0.1, -0.05) is 23.2 Å². The van der Waals surface area contributed by atoms with E-state index in [-0.39, 0.29) is 33.2 Å². The van der Waals surface area contributed by atoms with Gasteiger partial charge in [-0.05, 0) is 13.0 Å². The fourth-order valence-corrected chi connectivity index (χ4v) is 3.43. The van der Waals surface area contributed by atoms with Gasteiger partial charge in [0.2, 0.25) is 0 Å². The van der Waals surface area contributed by atoms with Gasteiger partial charge in [0.05, 0.1) is 9.95 Å². The number of nitrogens with zero attached hydrogens (tertiary/aromatic N) is 2. The molecule has 5 nitrogen and oxygen atoms in total. The molecule has 1 aromatic rings. The summed E-state index contributed by atoms with van der Waals surface area (Å²) in [6, 6.07) is 2.66. The molecule has 1 amide bonds. The summed E-state index contributed by atoms with van der Waals surface area (Å²) in [5, 5.41) is 10.8. The first kappa shape index (κ1) is 15.4. The molecule has 108 valence electrons. The molecule has 1 unspecified atom stereocenters. The van der Waals surface area contributed by atoms with Crippen molar-refractivity contribution < 1.29 is 9.72 Å². The Hall–Kier alpha value is -0.980. The molecule has 0 saturated carbocycles. The number of amides is 1. The van der Waals surface area contributed by atoms with Gasteiger partial charge >= 0.3 is 0 Å². The fourth-order valence-electron chi connectivity index (χ4n) is 2.03. The maximum Gasteiger partial charge on any atom is 0.290 e. The van der Waals surface area contributed by atoms with Crippen LogP contribution >= 0.6 is 35.0 Å². The number of halogens is 2. The van der Waals surface area contributed by atoms with E-state index in [0.717, 1.165) is 11.5 Å². The first-order valence-electron chi connectivity index (χ1n) is 5.94. The minimum atomic E-state index is -0.638. The largest absolute Gasteiger partial charge is 0.334 e. The molecular formula is C12H12Cl2N2O3S. The van der Waals surface area contributed by atoms with E-state index in [1.165, 1.54) is 12.1 Å². The topological polar surface area (TPSA) is 63.5 Å². The van der Waals surface area contributed by atoms with Gasteiger partial charge in [-0.3, -0.25) is 14.9 Å². The number of nitro groups is 1. The predicted octanol–water partition coefficient (Wildman–Crippen LogP) is 3.48. The first-order chi connectivity index (χ1) is 9.41. The molecule has 20 heavy (non-hydrogen) atoms. The average molecular weight is 335 g/mol. The van der Waals surface area contributed by atoms with Crippen LogP contribution in [0.1, 0.15) is 17.3 Å². The smallest absolute Gasteiger partial charge is 0.290 e. The van der Waals surface area contributed by atoms with Crippen LogP contribution in [0.3, 0.4) is 0 Å². The number of hydrogen-bond donors (Lipinski definition) is 0. The van der Waals surface area contributed by atoms with Crippen molar-refractivity contribution in [2.75, 3.05) is 18.1 Å². The summed E-state index contributed by atoms with van der Waals surface area (Å²) in [6.45, 7) is 2.58. The lowest BCUT2D eigenvalue weighted by Gasteiger charge is -2.33. The minimum Gasteiger partial charge on any atom is -0.334 e. The van der Waals surface area contributed by atoms with Crippen molar-refractivity contribution in [3.05, 3.63) is 37.9 Å². The Kier molecular flexibility index (Phi) is 4.78. The normalized spacial score (nSPS) is 18.9. The number of hydrogen-bond acceptors (Lipinski definition) is 4. The molecule has 0 aliphatic carbocycles. The lowest BCUT2D eigenvalue weighted by atomic mass is 10.1. The van der Waals surface area contributed by atoms with E-state index in [2.05, 4.69) is 0 Å². The maximum absolute atomic E-state index is 12.4. The van der Waals surface area contributed by atoms with Crippen molar-refractivity contribution in [2.45, 2.75) is 13.0 Å². The molecule has 1 saturated heterocycles. The van der Waals surface area contributed by atoms with Crippen LogP contribution in [0.15, 0.2) is 12.1 Å². The number of thioether (sulfide) groups is 1. The molecule has 0 aromatic heterocycles. The van der Waals surface area contributed by atoms with Crippen LogP contribution in [0, 0.1) is 10.1 Å². The molecule has 8 heteroatoms. The molecule has 0 radical (unpaired) electrons. The third-order valence-electron chi connectivity index (χ3n) is 3.08. The third-order valence-corrected chi connectivity index (χ3v) is 5.06. The molecule has 1 aliphatic heterocycles. The Balaban J connectivity index is 2.37. The second-order valence-corrected chi connectivity index (χ2v) is 6.41. The van der Waals surface area contributed by atoms with Crippen molar-refractivity contribution in [1.82, 2.24) is 4.90 Å². The molecule has 1 aromatic carbocycles. The van der Waals surface area contributed by atoms with Crippen molar-refractivity contribution >= 4 is 46.6 Å². The summed E-state index contributed by atoms with van der Waals surface area (Å²) < 4.78 is 0. The van der Waals surface area contributed by atoms with Crippen LogP contribution in [-0.2, 0) is 0 Å². The highest BCUT2D eigenvalue weighted by atomic mass is 35.5. The van der Waals surface area contributed by atoms with Gasteiger partial charge in [0.15, 0.2) is 0 Å². The maximum atomic E-state index is 12.4. The van der Waals surface area contributed by atoms with E-state index in [1.54, 1.807) is 16.7 Å². The zero-order chi connectivity index (χ0) is 14.9. The molecular weight excluding hydrogens is 323 g/mol. The number of nitro benzene ring substituents is 1. The highest BCUT2D eigenvalue weighted by molar-refractivity contribution is 7.99. The van der Waals surface area contributed by atoms with Crippen LogP contribution in [0.2, 0.25) is 10.0 Å². The monoisotopic (exact) mass is 334 g/mol. The van der Waals surface area contributed by atoms with E-state index in [9.17, 15) is 14.9 Å². The summed E-state index contributed by atoms with van der Waals surface area (Å²) >= 11 is 13.4. The summed E-state index contributed by atoms with van der Waals surface area (Å²) in [4.78, 5) is 24.4. The lowest BCUT2D eigenvalue weighted by Crippen LogP contribution is -2.44. The predicted molar refractivity (Wildman–Crippen MR) is 80.9 cm³/mol. The quantitative estimate of drug-likeness (QED) is 0.613. The molecule has 0 N–H and O–H groups in total. The van der Waals surface area contributed by atoms with Gasteiger partial charge in [0, 0.05) is 35.7 Å². The van der Waals surface area contributed by atoms with Crippen molar-refractivity contribution in [3.8, 4) is 0 Å². The summed E-state index contributed by atoms with van der Waals surface area (Å²) in [5.74, 6) is 1.47. The Morgan fingerprint density at radius 1 is 1.50 bits per heavy atom. The molecule has 1 atom stereocenters. The summed E-state index contributed by atoms with van der Waals surface area (Å²) in [7, 11) is 0. The van der Waals surface area contributed by atoms with Crippen LogP contribution in [0.4, 0.5) is 5.69 Å². The number of benzene rings is 1. The van der Waals surface area contributed by atoms with Gasteiger partial charge in [-0.15, -0.1) is 0 Å². The number of rotatable bonds is 2. The Morgan fingerprint density at radius 2 is 2.20 bits per heavy atom. The lowest BCUT2D eigenvalue weighted by molar-refractivity contribution is -0.384. The van der Waals surface area contributed by atoms with E-state index < -0.39 is 4.92 Å². The second-order valence-electron chi connectivity index (χ2n) is 4.47. The highest BCUT2D eigenvalue weighted by Crippen LogP contribution is 2.33. The van der Waals surface area contributed by atoms with Gasteiger partial charge < -0.3 is 4.90 Å². The molecule has 1 heterocycles. The van der Waals surface area contributed by atoms with Gasteiger partial charge in [0.25, 0.3) is 11.6 Å². The van der Waals surface area contributed by atoms with Crippen LogP contribution < -0.4 is 0 Å². The van der Waals surface area contributed by atoms with Crippen LogP contribution in [0.25, 0.3) is 0 Å². The Labute approximate surface area is 130 Å². The molecule has 0 spiro atoms. The Bertz CT molecular complexity index is 568. The fraction of sp³-hybridized carbons (Fsp3) is 0.417. The third kappa shape index (κ3) is 3.02. The van der Waals surface area contributed by atoms with Crippen molar-refractivity contribution in [1.29, 1.82) is 0 Å².